The molecular formula is C21H26Cl2N2. The zero-order valence-corrected chi connectivity index (χ0v) is 16.6. The van der Waals surface area contributed by atoms with Crippen molar-refractivity contribution < 1.29 is 0 Å². The van der Waals surface area contributed by atoms with Gasteiger partial charge in [0.15, 0.2) is 0 Å². The quantitative estimate of drug-likeness (QED) is 0.702. The lowest BCUT2D eigenvalue weighted by Gasteiger charge is -2.42. The van der Waals surface area contributed by atoms with Gasteiger partial charge in [0.2, 0.25) is 0 Å². The molecule has 2 atom stereocenters. The summed E-state index contributed by atoms with van der Waals surface area (Å²) in [5.74, 6) is 0. The van der Waals surface area contributed by atoms with Gasteiger partial charge in [-0.2, -0.15) is 0 Å². The van der Waals surface area contributed by atoms with Crippen molar-refractivity contribution in [2.45, 2.75) is 51.7 Å². The fourth-order valence-electron chi connectivity index (χ4n) is 3.72. The van der Waals surface area contributed by atoms with E-state index in [1.807, 2.05) is 18.2 Å². The summed E-state index contributed by atoms with van der Waals surface area (Å²) in [6.07, 6.45) is 2.18. The summed E-state index contributed by atoms with van der Waals surface area (Å²) < 4.78 is 0. The second kappa shape index (κ2) is 7.99. The predicted octanol–water partition coefficient (Wildman–Crippen LogP) is 6.01. The lowest BCUT2D eigenvalue weighted by Crippen LogP contribution is -2.46. The number of nitrogens with one attached hydrogen (secondary N) is 1. The van der Waals surface area contributed by atoms with E-state index in [0.717, 1.165) is 35.1 Å². The van der Waals surface area contributed by atoms with Crippen LogP contribution in [-0.4, -0.2) is 18.6 Å². The highest BCUT2D eigenvalue weighted by atomic mass is 35.5. The largest absolute Gasteiger partial charge is 0.363 e. The standard InChI is InChI=1S/C21H26Cl2N2/c1-14(2)24-18-10-11-25(20-9-4-15(3)12-19(20)23)21(13-18)16-5-7-17(22)8-6-16/h4-9,12,14,18,21,24H,10-11,13H2,1-3H3. The van der Waals surface area contributed by atoms with Gasteiger partial charge in [-0.3, -0.25) is 0 Å². The topological polar surface area (TPSA) is 15.3 Å². The van der Waals surface area contributed by atoms with Gasteiger partial charge < -0.3 is 10.2 Å². The van der Waals surface area contributed by atoms with E-state index in [2.05, 4.69) is 55.3 Å². The summed E-state index contributed by atoms with van der Waals surface area (Å²) in [5.41, 5.74) is 3.60. The van der Waals surface area contributed by atoms with E-state index in [1.54, 1.807) is 0 Å². The van der Waals surface area contributed by atoms with Crippen LogP contribution in [0.25, 0.3) is 0 Å². The Morgan fingerprint density at radius 1 is 1.08 bits per heavy atom. The summed E-state index contributed by atoms with van der Waals surface area (Å²) in [4.78, 5) is 2.45. The fourth-order valence-corrected chi connectivity index (χ4v) is 4.19. The third-order valence-corrected chi connectivity index (χ3v) is 5.39. The van der Waals surface area contributed by atoms with Crippen LogP contribution >= 0.6 is 23.2 Å². The molecule has 2 unspecified atom stereocenters. The molecule has 134 valence electrons. The molecule has 1 aliphatic rings. The number of nitrogens with zero attached hydrogens (tertiary/aromatic N) is 1. The molecule has 2 aromatic carbocycles. The maximum Gasteiger partial charge on any atom is 0.0642 e. The molecule has 0 aliphatic carbocycles. The van der Waals surface area contributed by atoms with Crippen LogP contribution in [0.4, 0.5) is 5.69 Å². The van der Waals surface area contributed by atoms with Crippen LogP contribution in [0.3, 0.4) is 0 Å². The lowest BCUT2D eigenvalue weighted by atomic mass is 9.90. The van der Waals surface area contributed by atoms with Gasteiger partial charge in [0, 0.05) is 23.7 Å². The average Bonchev–Trinajstić information content (AvgIpc) is 2.55. The molecular weight excluding hydrogens is 351 g/mol. The van der Waals surface area contributed by atoms with Crippen LogP contribution in [-0.2, 0) is 0 Å². The van der Waals surface area contributed by atoms with Crippen molar-refractivity contribution in [3.63, 3.8) is 0 Å². The predicted molar refractivity (Wildman–Crippen MR) is 109 cm³/mol. The van der Waals surface area contributed by atoms with E-state index in [4.69, 9.17) is 23.2 Å². The van der Waals surface area contributed by atoms with Crippen molar-refractivity contribution in [3.05, 3.63) is 63.6 Å². The maximum atomic E-state index is 6.58. The Morgan fingerprint density at radius 2 is 1.80 bits per heavy atom. The van der Waals surface area contributed by atoms with Gasteiger partial charge in [-0.25, -0.2) is 0 Å². The molecule has 0 spiro atoms. The highest BCUT2D eigenvalue weighted by molar-refractivity contribution is 6.33. The molecule has 1 heterocycles. The van der Waals surface area contributed by atoms with Gasteiger partial charge in [0.05, 0.1) is 16.8 Å². The SMILES string of the molecule is Cc1ccc(N2CCC(NC(C)C)CC2c2ccc(Cl)cc2)c(Cl)c1. The van der Waals surface area contributed by atoms with E-state index in [1.165, 1.54) is 11.1 Å². The highest BCUT2D eigenvalue weighted by Gasteiger charge is 2.31. The Bertz CT molecular complexity index is 712. The van der Waals surface area contributed by atoms with E-state index in [-0.39, 0.29) is 0 Å². The van der Waals surface area contributed by atoms with E-state index >= 15 is 0 Å². The molecule has 0 aromatic heterocycles. The Kier molecular flexibility index (Phi) is 5.93. The number of rotatable bonds is 4. The zero-order chi connectivity index (χ0) is 18.0. The summed E-state index contributed by atoms with van der Waals surface area (Å²) in [7, 11) is 0. The number of aryl methyl sites for hydroxylation is 1. The minimum atomic E-state index is 0.294. The van der Waals surface area contributed by atoms with Crippen LogP contribution in [0.2, 0.25) is 10.0 Å². The van der Waals surface area contributed by atoms with Crippen molar-refractivity contribution in [1.29, 1.82) is 0 Å². The van der Waals surface area contributed by atoms with E-state index in [9.17, 15) is 0 Å². The molecule has 1 saturated heterocycles. The summed E-state index contributed by atoms with van der Waals surface area (Å²) in [6, 6.07) is 15.9. The molecule has 1 fully saturated rings. The molecule has 0 radical (unpaired) electrons. The Labute approximate surface area is 161 Å². The van der Waals surface area contributed by atoms with Gasteiger partial charge in [-0.15, -0.1) is 0 Å². The van der Waals surface area contributed by atoms with Crippen molar-refractivity contribution >= 4 is 28.9 Å². The van der Waals surface area contributed by atoms with Gasteiger partial charge in [0.25, 0.3) is 0 Å². The normalized spacial score (nSPS) is 21.0. The number of halogens is 2. The second-order valence-corrected chi connectivity index (χ2v) is 8.10. The zero-order valence-electron chi connectivity index (χ0n) is 15.1. The lowest BCUT2D eigenvalue weighted by molar-refractivity contribution is 0.341. The number of anilines is 1. The van der Waals surface area contributed by atoms with E-state index in [0.29, 0.717) is 18.1 Å². The molecule has 3 rings (SSSR count). The molecule has 2 aromatic rings. The molecule has 2 nitrogen and oxygen atoms in total. The summed E-state index contributed by atoms with van der Waals surface area (Å²) in [6.45, 7) is 7.48. The molecule has 0 saturated carbocycles. The van der Waals surface area contributed by atoms with E-state index < -0.39 is 0 Å². The average molecular weight is 377 g/mol. The Morgan fingerprint density at radius 3 is 2.44 bits per heavy atom. The Hall–Kier alpha value is -1.22. The van der Waals surface area contributed by atoms with Gasteiger partial charge in [0.1, 0.15) is 0 Å². The molecule has 0 amide bonds. The van der Waals surface area contributed by atoms with Crippen molar-refractivity contribution in [3.8, 4) is 0 Å². The van der Waals surface area contributed by atoms with Crippen LogP contribution in [0, 0.1) is 6.92 Å². The van der Waals surface area contributed by atoms with Crippen molar-refractivity contribution in [2.75, 3.05) is 11.4 Å². The van der Waals surface area contributed by atoms with Crippen LogP contribution in [0.15, 0.2) is 42.5 Å². The number of piperidine rings is 1. The fraction of sp³-hybridized carbons (Fsp3) is 0.429. The molecule has 0 bridgehead atoms. The third-order valence-electron chi connectivity index (χ3n) is 4.84. The summed E-state index contributed by atoms with van der Waals surface area (Å²) >= 11 is 12.7. The first-order chi connectivity index (χ1) is 11.9. The number of benzene rings is 2. The first-order valence-corrected chi connectivity index (χ1v) is 9.74. The van der Waals surface area contributed by atoms with Crippen molar-refractivity contribution in [1.82, 2.24) is 5.32 Å². The highest BCUT2D eigenvalue weighted by Crippen LogP contribution is 2.39. The summed E-state index contributed by atoms with van der Waals surface area (Å²) in [5, 5.41) is 5.31. The van der Waals surface area contributed by atoms with Crippen LogP contribution < -0.4 is 10.2 Å². The number of hydrogen-bond donors (Lipinski definition) is 1. The molecule has 25 heavy (non-hydrogen) atoms. The first-order valence-electron chi connectivity index (χ1n) is 8.98. The minimum Gasteiger partial charge on any atom is -0.363 e. The monoisotopic (exact) mass is 376 g/mol. The molecule has 4 heteroatoms. The third kappa shape index (κ3) is 4.49. The molecule has 1 N–H and O–H groups in total. The molecule has 1 aliphatic heterocycles. The van der Waals surface area contributed by atoms with Gasteiger partial charge in [-0.1, -0.05) is 55.2 Å². The van der Waals surface area contributed by atoms with Gasteiger partial charge in [-0.05, 0) is 55.2 Å². The second-order valence-electron chi connectivity index (χ2n) is 7.26. The maximum absolute atomic E-state index is 6.58. The minimum absolute atomic E-state index is 0.294. The Balaban J connectivity index is 1.93. The van der Waals surface area contributed by atoms with Crippen LogP contribution in [0.5, 0.6) is 0 Å². The number of hydrogen-bond acceptors (Lipinski definition) is 2. The smallest absolute Gasteiger partial charge is 0.0642 e. The van der Waals surface area contributed by atoms with Crippen molar-refractivity contribution in [2.24, 2.45) is 0 Å². The van der Waals surface area contributed by atoms with Gasteiger partial charge >= 0.3 is 0 Å². The first kappa shape index (κ1) is 18.6. The van der Waals surface area contributed by atoms with Crippen LogP contribution in [0.1, 0.15) is 43.9 Å².